The number of sulfone groups is 1. The van der Waals surface area contributed by atoms with E-state index in [1.807, 2.05) is 0 Å². The van der Waals surface area contributed by atoms with E-state index in [0.29, 0.717) is 5.56 Å². The average Bonchev–Trinajstić information content (AvgIpc) is 2.31. The molecule has 0 saturated carbocycles. The summed E-state index contributed by atoms with van der Waals surface area (Å²) >= 11 is 0. The maximum Gasteiger partial charge on any atom is 0.261 e. The topological polar surface area (TPSA) is 97.4 Å². The molecule has 0 atom stereocenters. The molecule has 0 bridgehead atoms. The van der Waals surface area contributed by atoms with Crippen LogP contribution in [0.4, 0.5) is 0 Å². The molecule has 1 amide bonds. The van der Waals surface area contributed by atoms with E-state index in [-0.39, 0.29) is 29.2 Å². The number of nitrogens with one attached hydrogen (secondary N) is 1. The van der Waals surface area contributed by atoms with E-state index >= 15 is 0 Å². The zero-order chi connectivity index (χ0) is 16.3. The predicted molar refractivity (Wildman–Crippen MR) is 80.9 cm³/mol. The Morgan fingerprint density at radius 3 is 2.33 bits per heavy atom. The van der Waals surface area contributed by atoms with Crippen LogP contribution < -0.4 is 5.32 Å². The fourth-order valence-electron chi connectivity index (χ4n) is 1.66. The first-order valence-electron chi connectivity index (χ1n) is 6.01. The third-order valence-electron chi connectivity index (χ3n) is 2.57. The van der Waals surface area contributed by atoms with Gasteiger partial charge in [0.05, 0.1) is 10.6 Å². The summed E-state index contributed by atoms with van der Waals surface area (Å²) in [5.74, 6) is -0.503. The first kappa shape index (κ1) is 17.9. The van der Waals surface area contributed by atoms with Gasteiger partial charge in [-0.15, -0.1) is 0 Å². The first-order chi connectivity index (χ1) is 9.49. The number of halogens is 1. The molecule has 0 aliphatic carbocycles. The number of rotatable bonds is 6. The Morgan fingerprint density at radius 1 is 1.19 bits per heavy atom. The number of amides is 1. The molecule has 6 nitrogen and oxygen atoms in total. The molecule has 1 rings (SSSR count). The van der Waals surface area contributed by atoms with E-state index in [0.717, 1.165) is 6.26 Å². The quantitative estimate of drug-likeness (QED) is 0.609. The molecule has 0 aromatic heterocycles. The van der Waals surface area contributed by atoms with Crippen LogP contribution in [0.5, 0.6) is 0 Å². The molecule has 21 heavy (non-hydrogen) atoms. The highest BCUT2D eigenvalue weighted by Crippen LogP contribution is 2.18. The van der Waals surface area contributed by atoms with E-state index in [4.69, 9.17) is 10.7 Å². The number of carbonyl (C=O) groups excluding carboxylic acids is 1. The Labute approximate surface area is 128 Å². The first-order valence-corrected chi connectivity index (χ1v) is 10.4. The molecular weight excluding hydrogens is 338 g/mol. The van der Waals surface area contributed by atoms with Gasteiger partial charge in [-0.05, 0) is 37.1 Å². The van der Waals surface area contributed by atoms with Crippen molar-refractivity contribution in [1.29, 1.82) is 0 Å². The van der Waals surface area contributed by atoms with Crippen molar-refractivity contribution in [2.75, 3.05) is 18.6 Å². The van der Waals surface area contributed by atoms with Crippen LogP contribution >= 0.6 is 10.7 Å². The number of carbonyl (C=O) groups is 1. The molecule has 1 aromatic rings. The second-order valence-corrected chi connectivity index (χ2v) is 9.54. The fraction of sp³-hybridized carbons (Fsp3) is 0.417. The van der Waals surface area contributed by atoms with Crippen LogP contribution in [0.2, 0.25) is 0 Å². The van der Waals surface area contributed by atoms with E-state index < -0.39 is 24.8 Å². The smallest absolute Gasteiger partial charge is 0.261 e. The highest BCUT2D eigenvalue weighted by Gasteiger charge is 2.14. The molecule has 9 heteroatoms. The second-order valence-electron chi connectivity index (χ2n) is 4.71. The summed E-state index contributed by atoms with van der Waals surface area (Å²) in [7, 11) is -1.72. The molecule has 0 radical (unpaired) electrons. The van der Waals surface area contributed by atoms with Crippen LogP contribution in [-0.4, -0.2) is 41.3 Å². The minimum atomic E-state index is -3.91. The Hall–Kier alpha value is -1.12. The van der Waals surface area contributed by atoms with Gasteiger partial charge >= 0.3 is 0 Å². The Morgan fingerprint density at radius 2 is 1.81 bits per heavy atom. The highest BCUT2D eigenvalue weighted by molar-refractivity contribution is 8.13. The van der Waals surface area contributed by atoms with Gasteiger partial charge in [0, 0.05) is 29.0 Å². The standard InChI is InChI=1S/C12H16ClNO5S2/c1-9-6-10(8-11(7-9)21(13,18)19)12(15)14-4-3-5-20(2,16)17/h6-8H,3-5H2,1-2H3,(H,14,15). The molecule has 1 N–H and O–H groups in total. The summed E-state index contributed by atoms with van der Waals surface area (Å²) < 4.78 is 44.5. The summed E-state index contributed by atoms with van der Waals surface area (Å²) in [6.07, 6.45) is 1.41. The van der Waals surface area contributed by atoms with Crippen LogP contribution in [0.3, 0.4) is 0 Å². The predicted octanol–water partition coefficient (Wildman–Crippen LogP) is 1.09. The van der Waals surface area contributed by atoms with Gasteiger partial charge in [-0.1, -0.05) is 0 Å². The maximum atomic E-state index is 11.9. The number of hydrogen-bond donors (Lipinski definition) is 1. The summed E-state index contributed by atoms with van der Waals surface area (Å²) in [6.45, 7) is 1.83. The number of benzene rings is 1. The minimum Gasteiger partial charge on any atom is -0.352 e. The van der Waals surface area contributed by atoms with Crippen molar-refractivity contribution in [3.8, 4) is 0 Å². The van der Waals surface area contributed by atoms with Crippen molar-refractivity contribution >= 4 is 35.5 Å². The van der Waals surface area contributed by atoms with Gasteiger partial charge in [-0.3, -0.25) is 4.79 Å². The minimum absolute atomic E-state index is 0.0254. The van der Waals surface area contributed by atoms with Gasteiger partial charge in [0.25, 0.3) is 15.0 Å². The van der Waals surface area contributed by atoms with Gasteiger partial charge in [0.1, 0.15) is 9.84 Å². The van der Waals surface area contributed by atoms with Crippen molar-refractivity contribution in [2.24, 2.45) is 0 Å². The van der Waals surface area contributed by atoms with E-state index in [9.17, 15) is 21.6 Å². The van der Waals surface area contributed by atoms with Gasteiger partial charge in [-0.2, -0.15) is 0 Å². The van der Waals surface area contributed by atoms with Crippen LogP contribution in [-0.2, 0) is 18.9 Å². The van der Waals surface area contributed by atoms with E-state index in [1.54, 1.807) is 6.92 Å². The number of hydrogen-bond acceptors (Lipinski definition) is 5. The molecule has 0 spiro atoms. The lowest BCUT2D eigenvalue weighted by Gasteiger charge is -2.07. The molecule has 0 aliphatic heterocycles. The van der Waals surface area contributed by atoms with Gasteiger partial charge in [0.15, 0.2) is 0 Å². The molecule has 0 unspecified atom stereocenters. The van der Waals surface area contributed by atoms with Crippen molar-refractivity contribution in [2.45, 2.75) is 18.2 Å². The van der Waals surface area contributed by atoms with Gasteiger partial charge < -0.3 is 5.32 Å². The largest absolute Gasteiger partial charge is 0.352 e. The lowest BCUT2D eigenvalue weighted by Crippen LogP contribution is -2.26. The zero-order valence-corrected chi connectivity index (χ0v) is 14.0. The Bertz CT molecular complexity index is 741. The normalized spacial score (nSPS) is 12.1. The summed E-state index contributed by atoms with van der Waals surface area (Å²) in [5, 5.41) is 2.54. The molecule has 0 fully saturated rings. The molecule has 0 aliphatic rings. The zero-order valence-electron chi connectivity index (χ0n) is 11.6. The highest BCUT2D eigenvalue weighted by atomic mass is 35.7. The molecular formula is C12H16ClNO5S2. The fourth-order valence-corrected chi connectivity index (χ4v) is 3.19. The average molecular weight is 354 g/mol. The summed E-state index contributed by atoms with van der Waals surface area (Å²) in [5.41, 5.74) is 0.742. The Balaban J connectivity index is 2.77. The van der Waals surface area contributed by atoms with Crippen LogP contribution in [0.15, 0.2) is 23.1 Å². The third kappa shape index (κ3) is 6.45. The van der Waals surface area contributed by atoms with Crippen molar-refractivity contribution in [3.05, 3.63) is 29.3 Å². The molecule has 1 aromatic carbocycles. The molecule has 0 saturated heterocycles. The lowest BCUT2D eigenvalue weighted by molar-refractivity contribution is 0.0953. The van der Waals surface area contributed by atoms with Crippen LogP contribution in [0.1, 0.15) is 22.3 Å². The summed E-state index contributed by atoms with van der Waals surface area (Å²) in [6, 6.07) is 4.07. The van der Waals surface area contributed by atoms with Crippen LogP contribution in [0, 0.1) is 6.92 Å². The number of aryl methyl sites for hydroxylation is 1. The van der Waals surface area contributed by atoms with Gasteiger partial charge in [-0.25, -0.2) is 16.8 Å². The Kier molecular flexibility index (Phi) is 5.77. The lowest BCUT2D eigenvalue weighted by atomic mass is 10.1. The maximum absolute atomic E-state index is 11.9. The van der Waals surface area contributed by atoms with Crippen molar-refractivity contribution in [3.63, 3.8) is 0 Å². The molecule has 118 valence electrons. The van der Waals surface area contributed by atoms with E-state index in [1.165, 1.54) is 18.2 Å². The SMILES string of the molecule is Cc1cc(C(=O)NCCCS(C)(=O)=O)cc(S(=O)(=O)Cl)c1. The van der Waals surface area contributed by atoms with Crippen molar-refractivity contribution < 1.29 is 21.6 Å². The molecule has 0 heterocycles. The van der Waals surface area contributed by atoms with Gasteiger partial charge in [0.2, 0.25) is 0 Å². The van der Waals surface area contributed by atoms with Crippen molar-refractivity contribution in [1.82, 2.24) is 5.32 Å². The van der Waals surface area contributed by atoms with E-state index in [2.05, 4.69) is 5.32 Å². The monoisotopic (exact) mass is 353 g/mol. The van der Waals surface area contributed by atoms with Crippen LogP contribution in [0.25, 0.3) is 0 Å². The third-order valence-corrected chi connectivity index (χ3v) is 4.94. The summed E-state index contributed by atoms with van der Waals surface area (Å²) in [4.78, 5) is 11.8. The second kappa shape index (κ2) is 6.76.